The molecular weight excluding hydrogens is 228 g/mol. The minimum Gasteiger partial charge on any atom is -0.390 e. The first-order valence-corrected chi connectivity index (χ1v) is 7.09. The molecular formula is C14H22N2O2. The fourth-order valence-electron chi connectivity index (χ4n) is 3.41. The van der Waals surface area contributed by atoms with Crippen molar-refractivity contribution in [3.63, 3.8) is 0 Å². The van der Waals surface area contributed by atoms with Crippen LogP contribution in [0.2, 0.25) is 0 Å². The number of aliphatic hydroxyl groups is 1. The van der Waals surface area contributed by atoms with Gasteiger partial charge in [-0.25, -0.2) is 4.98 Å². The number of aromatic nitrogens is 2. The number of hydrogen-bond acceptors (Lipinski definition) is 3. The highest BCUT2D eigenvalue weighted by Crippen LogP contribution is 2.42. The molecule has 1 N–H and O–H groups in total. The topological polar surface area (TPSA) is 47.3 Å². The summed E-state index contributed by atoms with van der Waals surface area (Å²) < 4.78 is 8.37. The quantitative estimate of drug-likeness (QED) is 0.895. The second-order valence-corrected chi connectivity index (χ2v) is 5.74. The van der Waals surface area contributed by atoms with Gasteiger partial charge in [-0.1, -0.05) is 19.3 Å². The van der Waals surface area contributed by atoms with Crippen molar-refractivity contribution in [2.24, 2.45) is 0 Å². The van der Waals surface area contributed by atoms with Gasteiger partial charge in [-0.05, 0) is 25.7 Å². The Morgan fingerprint density at radius 3 is 2.89 bits per heavy atom. The van der Waals surface area contributed by atoms with E-state index in [9.17, 15) is 0 Å². The molecule has 0 bridgehead atoms. The van der Waals surface area contributed by atoms with Crippen LogP contribution in [0.5, 0.6) is 0 Å². The van der Waals surface area contributed by atoms with Crippen LogP contribution in [0.4, 0.5) is 0 Å². The van der Waals surface area contributed by atoms with Crippen LogP contribution in [-0.4, -0.2) is 26.4 Å². The first-order valence-electron chi connectivity index (χ1n) is 7.09. The molecule has 4 nitrogen and oxygen atoms in total. The summed E-state index contributed by atoms with van der Waals surface area (Å²) in [7, 11) is 0. The maximum absolute atomic E-state index is 9.00. The third kappa shape index (κ3) is 2.45. The Morgan fingerprint density at radius 1 is 1.33 bits per heavy atom. The highest BCUT2D eigenvalue weighted by atomic mass is 16.5. The van der Waals surface area contributed by atoms with Gasteiger partial charge in [0, 0.05) is 12.7 Å². The molecule has 1 unspecified atom stereocenters. The average molecular weight is 250 g/mol. The Kier molecular flexibility index (Phi) is 3.39. The molecule has 1 aromatic rings. The van der Waals surface area contributed by atoms with Crippen molar-refractivity contribution in [3.05, 3.63) is 18.2 Å². The molecule has 1 aliphatic heterocycles. The van der Waals surface area contributed by atoms with Crippen LogP contribution in [0.15, 0.2) is 12.5 Å². The van der Waals surface area contributed by atoms with E-state index in [0.29, 0.717) is 6.10 Å². The molecule has 18 heavy (non-hydrogen) atoms. The van der Waals surface area contributed by atoms with Crippen molar-refractivity contribution in [1.29, 1.82) is 0 Å². The molecule has 0 amide bonds. The van der Waals surface area contributed by atoms with Gasteiger partial charge in [0.25, 0.3) is 0 Å². The highest BCUT2D eigenvalue weighted by molar-refractivity contribution is 4.96. The number of nitrogens with zero attached hydrogens (tertiary/aromatic N) is 2. The van der Waals surface area contributed by atoms with Crippen LogP contribution >= 0.6 is 0 Å². The van der Waals surface area contributed by atoms with E-state index in [1.807, 2.05) is 10.8 Å². The second kappa shape index (κ2) is 5.02. The monoisotopic (exact) mass is 250 g/mol. The van der Waals surface area contributed by atoms with Gasteiger partial charge in [0.15, 0.2) is 0 Å². The van der Waals surface area contributed by atoms with E-state index in [1.165, 1.54) is 38.5 Å². The summed E-state index contributed by atoms with van der Waals surface area (Å²) in [4.78, 5) is 4.14. The molecule has 2 aliphatic rings. The smallest absolute Gasteiger partial charge is 0.0951 e. The predicted molar refractivity (Wildman–Crippen MR) is 68.1 cm³/mol. The minimum atomic E-state index is 0.0163. The fraction of sp³-hybridized carbons (Fsp3) is 0.786. The van der Waals surface area contributed by atoms with Gasteiger partial charge >= 0.3 is 0 Å². The Labute approximate surface area is 108 Å². The highest BCUT2D eigenvalue weighted by Gasteiger charge is 2.40. The summed E-state index contributed by atoms with van der Waals surface area (Å²) in [6.07, 6.45) is 12.9. The zero-order valence-corrected chi connectivity index (χ0v) is 10.8. The summed E-state index contributed by atoms with van der Waals surface area (Å²) in [6, 6.07) is 0. The first kappa shape index (κ1) is 12.2. The summed E-state index contributed by atoms with van der Waals surface area (Å²) in [5.41, 5.74) is 0.934. The number of imidazole rings is 1. The van der Waals surface area contributed by atoms with E-state index >= 15 is 0 Å². The Morgan fingerprint density at radius 2 is 2.17 bits per heavy atom. The number of hydrogen-bond donors (Lipinski definition) is 1. The van der Waals surface area contributed by atoms with Crippen LogP contribution in [0.3, 0.4) is 0 Å². The average Bonchev–Trinajstić information content (AvgIpc) is 2.99. The first-order chi connectivity index (χ1) is 8.80. The van der Waals surface area contributed by atoms with Gasteiger partial charge < -0.3 is 14.4 Å². The molecule has 100 valence electrons. The molecule has 1 saturated carbocycles. The minimum absolute atomic E-state index is 0.0163. The van der Waals surface area contributed by atoms with E-state index in [2.05, 4.69) is 4.98 Å². The van der Waals surface area contributed by atoms with Crippen molar-refractivity contribution in [3.8, 4) is 0 Å². The third-order valence-electron chi connectivity index (χ3n) is 4.37. The van der Waals surface area contributed by atoms with E-state index < -0.39 is 0 Å². The standard InChI is InChI=1S/C14H22N2O2/c17-10-12-8-16(11-15-12)9-13-4-7-14(18-13)5-2-1-3-6-14/h8,11,13,17H,1-7,9-10H2. The van der Waals surface area contributed by atoms with Crippen LogP contribution < -0.4 is 0 Å². The SMILES string of the molecule is OCc1cn(CC2CCC3(CCCCC3)O2)cn1. The van der Waals surface area contributed by atoms with Crippen LogP contribution in [0.1, 0.15) is 50.6 Å². The lowest BCUT2D eigenvalue weighted by Crippen LogP contribution is -2.32. The lowest BCUT2D eigenvalue weighted by atomic mass is 9.83. The van der Waals surface area contributed by atoms with Gasteiger partial charge in [-0.2, -0.15) is 0 Å². The largest absolute Gasteiger partial charge is 0.390 e. The molecule has 1 saturated heterocycles. The summed E-state index contributed by atoms with van der Waals surface area (Å²) >= 11 is 0. The molecule has 0 aromatic carbocycles. The molecule has 1 atom stereocenters. The fourth-order valence-corrected chi connectivity index (χ4v) is 3.41. The lowest BCUT2D eigenvalue weighted by molar-refractivity contribution is -0.0679. The predicted octanol–water partition coefficient (Wildman–Crippen LogP) is 2.26. The van der Waals surface area contributed by atoms with Crippen LogP contribution in [0.25, 0.3) is 0 Å². The second-order valence-electron chi connectivity index (χ2n) is 5.74. The van der Waals surface area contributed by atoms with Crippen LogP contribution in [-0.2, 0) is 17.9 Å². The Hall–Kier alpha value is -0.870. The molecule has 1 spiro atoms. The number of ether oxygens (including phenoxy) is 1. The normalized spacial score (nSPS) is 26.8. The van der Waals surface area contributed by atoms with Gasteiger partial charge in [0.1, 0.15) is 0 Å². The molecule has 3 rings (SSSR count). The molecule has 2 heterocycles. The maximum Gasteiger partial charge on any atom is 0.0951 e. The van der Waals surface area contributed by atoms with Crippen molar-refractivity contribution < 1.29 is 9.84 Å². The summed E-state index contributed by atoms with van der Waals surface area (Å²) in [5.74, 6) is 0. The van der Waals surface area contributed by atoms with Crippen molar-refractivity contribution >= 4 is 0 Å². The third-order valence-corrected chi connectivity index (χ3v) is 4.37. The molecule has 2 fully saturated rings. The van der Waals surface area contributed by atoms with E-state index in [4.69, 9.17) is 9.84 Å². The summed E-state index contributed by atoms with van der Waals surface area (Å²) in [6.45, 7) is 0.886. The molecule has 0 radical (unpaired) electrons. The Balaban J connectivity index is 1.58. The van der Waals surface area contributed by atoms with Crippen molar-refractivity contribution in [1.82, 2.24) is 9.55 Å². The van der Waals surface area contributed by atoms with Gasteiger partial charge in [0.05, 0.1) is 30.3 Å². The van der Waals surface area contributed by atoms with Crippen molar-refractivity contribution in [2.45, 2.75) is 69.8 Å². The molecule has 1 aromatic heterocycles. The van der Waals surface area contributed by atoms with Crippen molar-refractivity contribution in [2.75, 3.05) is 0 Å². The van der Waals surface area contributed by atoms with Gasteiger partial charge in [-0.15, -0.1) is 0 Å². The lowest BCUT2D eigenvalue weighted by Gasteiger charge is -2.33. The molecule has 4 heteroatoms. The van der Waals surface area contributed by atoms with E-state index in [1.54, 1.807) is 6.33 Å². The van der Waals surface area contributed by atoms with E-state index in [0.717, 1.165) is 18.7 Å². The summed E-state index contributed by atoms with van der Waals surface area (Å²) in [5, 5.41) is 9.00. The zero-order chi connectivity index (χ0) is 12.4. The van der Waals surface area contributed by atoms with Gasteiger partial charge in [0.2, 0.25) is 0 Å². The molecule has 1 aliphatic carbocycles. The Bertz CT molecular complexity index is 396. The van der Waals surface area contributed by atoms with Crippen LogP contribution in [0, 0.1) is 0 Å². The number of aliphatic hydroxyl groups excluding tert-OH is 1. The maximum atomic E-state index is 9.00. The van der Waals surface area contributed by atoms with E-state index in [-0.39, 0.29) is 12.2 Å². The zero-order valence-electron chi connectivity index (χ0n) is 10.8. The van der Waals surface area contributed by atoms with Gasteiger partial charge in [-0.3, -0.25) is 0 Å². The number of rotatable bonds is 3.